The van der Waals surface area contributed by atoms with Crippen LogP contribution in [0.4, 0.5) is 5.69 Å². The Kier molecular flexibility index (Phi) is 6.51. The SMILES string of the molecule is Cc1ccccc1CN1CCC(C(=O)Nc2cccc(OC(C)C)c2)CC1. The summed E-state index contributed by atoms with van der Waals surface area (Å²) in [7, 11) is 0. The molecule has 1 N–H and O–H groups in total. The van der Waals surface area contributed by atoms with Crippen LogP contribution in [0.1, 0.15) is 37.8 Å². The summed E-state index contributed by atoms with van der Waals surface area (Å²) < 4.78 is 5.70. The van der Waals surface area contributed by atoms with Gasteiger partial charge in [0, 0.05) is 24.2 Å². The number of nitrogens with zero attached hydrogens (tertiary/aromatic N) is 1. The average Bonchev–Trinajstić information content (AvgIpc) is 2.64. The number of anilines is 1. The number of likely N-dealkylation sites (tertiary alicyclic amines) is 1. The van der Waals surface area contributed by atoms with Crippen LogP contribution in [0.3, 0.4) is 0 Å². The van der Waals surface area contributed by atoms with Crippen molar-refractivity contribution in [2.75, 3.05) is 18.4 Å². The number of nitrogens with one attached hydrogen (secondary N) is 1. The van der Waals surface area contributed by atoms with Crippen molar-refractivity contribution in [3.8, 4) is 5.75 Å². The van der Waals surface area contributed by atoms with Crippen molar-refractivity contribution in [3.63, 3.8) is 0 Å². The van der Waals surface area contributed by atoms with Gasteiger partial charge in [0.25, 0.3) is 0 Å². The monoisotopic (exact) mass is 366 g/mol. The summed E-state index contributed by atoms with van der Waals surface area (Å²) in [6.07, 6.45) is 1.92. The fraction of sp³-hybridized carbons (Fsp3) is 0.435. The van der Waals surface area contributed by atoms with Crippen LogP contribution in [-0.4, -0.2) is 30.0 Å². The zero-order chi connectivity index (χ0) is 19.2. The van der Waals surface area contributed by atoms with E-state index in [1.807, 2.05) is 38.1 Å². The summed E-state index contributed by atoms with van der Waals surface area (Å²) in [4.78, 5) is 15.1. The Bertz CT molecular complexity index is 764. The zero-order valence-corrected chi connectivity index (χ0v) is 16.6. The fourth-order valence-corrected chi connectivity index (χ4v) is 3.55. The molecule has 0 unspecified atom stereocenters. The molecule has 1 saturated heterocycles. The zero-order valence-electron chi connectivity index (χ0n) is 16.6. The number of rotatable bonds is 6. The van der Waals surface area contributed by atoms with Gasteiger partial charge >= 0.3 is 0 Å². The number of carbonyl (C=O) groups is 1. The third-order valence-electron chi connectivity index (χ3n) is 5.09. The van der Waals surface area contributed by atoms with E-state index in [2.05, 4.69) is 41.4 Å². The summed E-state index contributed by atoms with van der Waals surface area (Å²) in [5, 5.41) is 3.06. The predicted molar refractivity (Wildman–Crippen MR) is 110 cm³/mol. The van der Waals surface area contributed by atoms with Gasteiger partial charge in [0.05, 0.1) is 6.10 Å². The van der Waals surface area contributed by atoms with Gasteiger partial charge in [0.15, 0.2) is 0 Å². The molecule has 4 nitrogen and oxygen atoms in total. The van der Waals surface area contributed by atoms with Gasteiger partial charge in [-0.1, -0.05) is 30.3 Å². The predicted octanol–water partition coefficient (Wildman–Crippen LogP) is 4.63. The maximum atomic E-state index is 12.6. The highest BCUT2D eigenvalue weighted by Gasteiger charge is 2.25. The summed E-state index contributed by atoms with van der Waals surface area (Å²) in [5.41, 5.74) is 3.52. The molecule has 144 valence electrons. The van der Waals surface area contributed by atoms with Gasteiger partial charge in [-0.05, 0) is 70.0 Å². The van der Waals surface area contributed by atoms with E-state index in [1.54, 1.807) is 0 Å². The van der Waals surface area contributed by atoms with Crippen LogP contribution in [0.15, 0.2) is 48.5 Å². The van der Waals surface area contributed by atoms with Crippen LogP contribution in [0.25, 0.3) is 0 Å². The van der Waals surface area contributed by atoms with Gasteiger partial charge in [0.2, 0.25) is 5.91 Å². The summed E-state index contributed by atoms with van der Waals surface area (Å²) in [5.74, 6) is 0.982. The van der Waals surface area contributed by atoms with Gasteiger partial charge < -0.3 is 10.1 Å². The molecule has 1 fully saturated rings. The number of carbonyl (C=O) groups excluding carboxylic acids is 1. The number of aryl methyl sites for hydroxylation is 1. The molecular weight excluding hydrogens is 336 g/mol. The molecule has 0 spiro atoms. The lowest BCUT2D eigenvalue weighted by Gasteiger charge is -2.31. The first-order valence-corrected chi connectivity index (χ1v) is 9.85. The molecule has 2 aromatic carbocycles. The largest absolute Gasteiger partial charge is 0.491 e. The molecule has 27 heavy (non-hydrogen) atoms. The maximum Gasteiger partial charge on any atom is 0.227 e. The third kappa shape index (κ3) is 5.57. The lowest BCUT2D eigenvalue weighted by Crippen LogP contribution is -2.37. The third-order valence-corrected chi connectivity index (χ3v) is 5.09. The summed E-state index contributed by atoms with van der Waals surface area (Å²) in [6.45, 7) is 9.04. The maximum absolute atomic E-state index is 12.6. The number of hydrogen-bond donors (Lipinski definition) is 1. The molecule has 2 aromatic rings. The first-order chi connectivity index (χ1) is 13.0. The quantitative estimate of drug-likeness (QED) is 0.810. The highest BCUT2D eigenvalue weighted by Crippen LogP contribution is 2.23. The van der Waals surface area contributed by atoms with E-state index in [9.17, 15) is 4.79 Å². The van der Waals surface area contributed by atoms with Gasteiger partial charge in [0.1, 0.15) is 5.75 Å². The Morgan fingerprint density at radius 1 is 1.15 bits per heavy atom. The molecule has 0 aromatic heterocycles. The van der Waals surface area contributed by atoms with E-state index >= 15 is 0 Å². The van der Waals surface area contributed by atoms with Gasteiger partial charge in [-0.25, -0.2) is 0 Å². The second kappa shape index (κ2) is 9.05. The van der Waals surface area contributed by atoms with Crippen LogP contribution in [-0.2, 0) is 11.3 Å². The first-order valence-electron chi connectivity index (χ1n) is 9.85. The van der Waals surface area contributed by atoms with E-state index in [0.29, 0.717) is 0 Å². The van der Waals surface area contributed by atoms with Gasteiger partial charge in [-0.3, -0.25) is 9.69 Å². The molecule has 1 aliphatic heterocycles. The minimum atomic E-state index is 0.0767. The van der Waals surface area contributed by atoms with E-state index in [-0.39, 0.29) is 17.9 Å². The molecule has 0 aliphatic carbocycles. The Morgan fingerprint density at radius 3 is 2.59 bits per heavy atom. The Hall–Kier alpha value is -2.33. The van der Waals surface area contributed by atoms with Crippen molar-refractivity contribution in [3.05, 3.63) is 59.7 Å². The van der Waals surface area contributed by atoms with E-state index in [0.717, 1.165) is 43.9 Å². The summed E-state index contributed by atoms with van der Waals surface area (Å²) in [6, 6.07) is 16.2. The van der Waals surface area contributed by atoms with Crippen LogP contribution in [0.5, 0.6) is 5.75 Å². The first kappa shape index (κ1) is 19.4. The van der Waals surface area contributed by atoms with Crippen molar-refractivity contribution < 1.29 is 9.53 Å². The van der Waals surface area contributed by atoms with E-state index in [1.165, 1.54) is 11.1 Å². The molecule has 1 amide bonds. The smallest absolute Gasteiger partial charge is 0.227 e. The number of amides is 1. The fourth-order valence-electron chi connectivity index (χ4n) is 3.55. The minimum Gasteiger partial charge on any atom is -0.491 e. The normalized spacial score (nSPS) is 15.7. The Balaban J connectivity index is 1.51. The van der Waals surface area contributed by atoms with Crippen molar-refractivity contribution in [2.24, 2.45) is 5.92 Å². The van der Waals surface area contributed by atoms with E-state index in [4.69, 9.17) is 4.74 Å². The molecule has 4 heteroatoms. The standard InChI is InChI=1S/C23H30N2O2/c1-17(2)27-22-10-6-9-21(15-22)24-23(26)19-11-13-25(14-12-19)16-20-8-5-4-7-18(20)3/h4-10,15,17,19H,11-14,16H2,1-3H3,(H,24,26). The van der Waals surface area contributed by atoms with Crippen molar-refractivity contribution in [1.82, 2.24) is 4.90 Å². The average molecular weight is 367 g/mol. The van der Waals surface area contributed by atoms with Crippen LogP contribution in [0, 0.1) is 12.8 Å². The number of hydrogen-bond acceptors (Lipinski definition) is 3. The van der Waals surface area contributed by atoms with Crippen LogP contribution >= 0.6 is 0 Å². The molecular formula is C23H30N2O2. The summed E-state index contributed by atoms with van der Waals surface area (Å²) >= 11 is 0. The molecule has 0 radical (unpaired) electrons. The minimum absolute atomic E-state index is 0.0767. The van der Waals surface area contributed by atoms with Crippen molar-refractivity contribution in [1.29, 1.82) is 0 Å². The van der Waals surface area contributed by atoms with Crippen LogP contribution in [0.2, 0.25) is 0 Å². The molecule has 1 heterocycles. The lowest BCUT2D eigenvalue weighted by molar-refractivity contribution is -0.121. The topological polar surface area (TPSA) is 41.6 Å². The Labute approximate surface area is 162 Å². The highest BCUT2D eigenvalue weighted by atomic mass is 16.5. The molecule has 3 rings (SSSR count). The number of ether oxygens (including phenoxy) is 1. The second-order valence-electron chi connectivity index (χ2n) is 7.66. The Morgan fingerprint density at radius 2 is 1.89 bits per heavy atom. The van der Waals surface area contributed by atoms with Crippen molar-refractivity contribution in [2.45, 2.75) is 46.3 Å². The van der Waals surface area contributed by atoms with E-state index < -0.39 is 0 Å². The molecule has 1 aliphatic rings. The van der Waals surface area contributed by atoms with Gasteiger partial charge in [-0.15, -0.1) is 0 Å². The number of piperidine rings is 1. The highest BCUT2D eigenvalue weighted by molar-refractivity contribution is 5.92. The van der Waals surface area contributed by atoms with Gasteiger partial charge in [-0.2, -0.15) is 0 Å². The van der Waals surface area contributed by atoms with Crippen LogP contribution < -0.4 is 10.1 Å². The molecule has 0 atom stereocenters. The lowest BCUT2D eigenvalue weighted by atomic mass is 9.95. The molecule has 0 bridgehead atoms. The second-order valence-corrected chi connectivity index (χ2v) is 7.66. The molecule has 0 saturated carbocycles. The number of benzene rings is 2. The van der Waals surface area contributed by atoms with Crippen molar-refractivity contribution >= 4 is 11.6 Å².